The van der Waals surface area contributed by atoms with E-state index in [0.29, 0.717) is 18.0 Å². The van der Waals surface area contributed by atoms with Crippen LogP contribution in [0.25, 0.3) is 5.65 Å². The maximum Gasteiger partial charge on any atom is 0.357 e. The second-order valence-corrected chi connectivity index (χ2v) is 5.54. The van der Waals surface area contributed by atoms with Crippen molar-refractivity contribution in [1.29, 1.82) is 0 Å². The summed E-state index contributed by atoms with van der Waals surface area (Å²) < 4.78 is 8.68. The third-order valence-electron chi connectivity index (χ3n) is 2.28. The van der Waals surface area contributed by atoms with E-state index in [1.165, 1.54) is 0 Å². The average Bonchev–Trinajstić information content (AvgIpc) is 2.55. The molecule has 0 unspecified atom stereocenters. The van der Waals surface area contributed by atoms with Crippen LogP contribution in [0.5, 0.6) is 0 Å². The Kier molecular flexibility index (Phi) is 3.72. The van der Waals surface area contributed by atoms with Gasteiger partial charge in [0.2, 0.25) is 0 Å². The zero-order valence-corrected chi connectivity index (χ0v) is 13.1. The lowest BCUT2D eigenvalue weighted by molar-refractivity contribution is 0.0517. The van der Waals surface area contributed by atoms with Gasteiger partial charge in [-0.15, -0.1) is 0 Å². The number of ether oxygens (including phenoxy) is 1. The Morgan fingerprint density at radius 2 is 2.35 bits per heavy atom. The molecule has 0 spiro atoms. The van der Waals surface area contributed by atoms with E-state index in [1.807, 2.05) is 19.2 Å². The Morgan fingerprint density at radius 1 is 1.65 bits per heavy atom. The molecular formula is C11H10BrIN2O2. The molecular weight excluding hydrogens is 399 g/mol. The van der Waals surface area contributed by atoms with E-state index >= 15 is 0 Å². The monoisotopic (exact) mass is 408 g/mol. The molecule has 2 heterocycles. The van der Waals surface area contributed by atoms with Crippen LogP contribution in [-0.2, 0) is 4.74 Å². The summed E-state index contributed by atoms with van der Waals surface area (Å²) in [5.74, 6) is -0.341. The minimum atomic E-state index is -0.341. The quantitative estimate of drug-likeness (QED) is 0.566. The number of nitrogens with zero attached hydrogens (tertiary/aromatic N) is 2. The number of imidazole rings is 1. The predicted octanol–water partition coefficient (Wildman–Crippen LogP) is 3.19. The SMILES string of the molecule is CCOC(=O)c1c(C)nc2c(I)cc(Br)cn12. The first-order chi connectivity index (χ1) is 8.04. The summed E-state index contributed by atoms with van der Waals surface area (Å²) in [6.45, 7) is 3.95. The Hall–Kier alpha value is -0.630. The molecule has 4 nitrogen and oxygen atoms in total. The van der Waals surface area contributed by atoms with E-state index in [0.717, 1.165) is 13.7 Å². The standard InChI is InChI=1S/C11H10BrIN2O2/c1-3-17-11(16)9-6(2)14-10-8(13)4-7(12)5-15(9)10/h4-5H,3H2,1-2H3. The molecule has 0 N–H and O–H groups in total. The van der Waals surface area contributed by atoms with Gasteiger partial charge in [-0.25, -0.2) is 9.78 Å². The van der Waals surface area contributed by atoms with Gasteiger partial charge in [0.15, 0.2) is 11.3 Å². The smallest absolute Gasteiger partial charge is 0.357 e. The molecule has 0 aliphatic heterocycles. The lowest BCUT2D eigenvalue weighted by Gasteiger charge is -2.04. The highest BCUT2D eigenvalue weighted by atomic mass is 127. The average molecular weight is 409 g/mol. The van der Waals surface area contributed by atoms with Crippen molar-refractivity contribution in [3.05, 3.63) is 31.7 Å². The van der Waals surface area contributed by atoms with E-state index in [1.54, 1.807) is 11.3 Å². The van der Waals surface area contributed by atoms with Crippen LogP contribution in [0.3, 0.4) is 0 Å². The van der Waals surface area contributed by atoms with E-state index in [2.05, 4.69) is 43.5 Å². The molecule has 0 aliphatic rings. The van der Waals surface area contributed by atoms with Crippen LogP contribution in [0.1, 0.15) is 23.1 Å². The number of aryl methyl sites for hydroxylation is 1. The van der Waals surface area contributed by atoms with E-state index < -0.39 is 0 Å². The number of rotatable bonds is 2. The van der Waals surface area contributed by atoms with Gasteiger partial charge in [0, 0.05) is 10.7 Å². The van der Waals surface area contributed by atoms with Gasteiger partial charge in [0.1, 0.15) is 0 Å². The number of aromatic nitrogens is 2. The Labute approximate surface area is 121 Å². The lowest BCUT2D eigenvalue weighted by Crippen LogP contribution is -2.09. The fourth-order valence-electron chi connectivity index (χ4n) is 1.63. The zero-order valence-electron chi connectivity index (χ0n) is 9.33. The Bertz CT molecular complexity index is 595. The van der Waals surface area contributed by atoms with Crippen LogP contribution in [-0.4, -0.2) is 22.0 Å². The van der Waals surface area contributed by atoms with Crippen molar-refractivity contribution in [3.8, 4) is 0 Å². The van der Waals surface area contributed by atoms with Crippen molar-refractivity contribution in [3.63, 3.8) is 0 Å². The van der Waals surface area contributed by atoms with E-state index in [-0.39, 0.29) is 5.97 Å². The summed E-state index contributed by atoms with van der Waals surface area (Å²) in [5, 5.41) is 0. The van der Waals surface area contributed by atoms with Gasteiger partial charge >= 0.3 is 5.97 Å². The third-order valence-corrected chi connectivity index (χ3v) is 3.51. The van der Waals surface area contributed by atoms with Gasteiger partial charge in [-0.3, -0.25) is 4.40 Å². The number of carbonyl (C=O) groups excluding carboxylic acids is 1. The predicted molar refractivity (Wildman–Crippen MR) is 76.3 cm³/mol. The molecule has 0 aliphatic carbocycles. The maximum atomic E-state index is 11.9. The maximum absolute atomic E-state index is 11.9. The van der Waals surface area contributed by atoms with Crippen LogP contribution in [0.15, 0.2) is 16.7 Å². The highest BCUT2D eigenvalue weighted by Gasteiger charge is 2.19. The van der Waals surface area contributed by atoms with Crippen molar-refractivity contribution < 1.29 is 9.53 Å². The molecule has 17 heavy (non-hydrogen) atoms. The lowest BCUT2D eigenvalue weighted by atomic mass is 10.3. The molecule has 0 atom stereocenters. The molecule has 0 bridgehead atoms. The zero-order chi connectivity index (χ0) is 12.6. The van der Waals surface area contributed by atoms with Crippen molar-refractivity contribution in [2.45, 2.75) is 13.8 Å². The number of esters is 1. The number of fused-ring (bicyclic) bond motifs is 1. The van der Waals surface area contributed by atoms with E-state index in [9.17, 15) is 4.79 Å². The molecule has 90 valence electrons. The Morgan fingerprint density at radius 3 is 3.00 bits per heavy atom. The molecule has 0 saturated carbocycles. The molecule has 2 rings (SSSR count). The first-order valence-corrected chi connectivity index (χ1v) is 6.92. The van der Waals surface area contributed by atoms with Crippen molar-refractivity contribution in [2.75, 3.05) is 6.61 Å². The second-order valence-electron chi connectivity index (χ2n) is 3.47. The molecule has 0 saturated heterocycles. The van der Waals surface area contributed by atoms with Gasteiger partial charge in [-0.1, -0.05) is 0 Å². The van der Waals surface area contributed by atoms with Gasteiger partial charge < -0.3 is 4.74 Å². The summed E-state index contributed by atoms with van der Waals surface area (Å²) in [6.07, 6.45) is 1.82. The van der Waals surface area contributed by atoms with Crippen molar-refractivity contribution in [1.82, 2.24) is 9.38 Å². The Balaban J connectivity index is 2.70. The summed E-state index contributed by atoms with van der Waals surface area (Å²) in [4.78, 5) is 16.3. The largest absolute Gasteiger partial charge is 0.461 e. The molecule has 0 amide bonds. The fourth-order valence-corrected chi connectivity index (χ4v) is 3.21. The van der Waals surface area contributed by atoms with Gasteiger partial charge in [0.05, 0.1) is 15.9 Å². The molecule has 2 aromatic rings. The van der Waals surface area contributed by atoms with Gasteiger partial charge in [-0.05, 0) is 58.4 Å². The van der Waals surface area contributed by atoms with Crippen LogP contribution in [0, 0.1) is 10.5 Å². The van der Waals surface area contributed by atoms with Crippen LogP contribution >= 0.6 is 38.5 Å². The molecule has 6 heteroatoms. The molecule has 0 radical (unpaired) electrons. The van der Waals surface area contributed by atoms with Gasteiger partial charge in [-0.2, -0.15) is 0 Å². The summed E-state index contributed by atoms with van der Waals surface area (Å²) in [6, 6.07) is 1.96. The summed E-state index contributed by atoms with van der Waals surface area (Å²) in [5.41, 5.74) is 1.94. The number of halogens is 2. The molecule has 2 aromatic heterocycles. The second kappa shape index (κ2) is 4.93. The fraction of sp³-hybridized carbons (Fsp3) is 0.273. The van der Waals surface area contributed by atoms with E-state index in [4.69, 9.17) is 4.74 Å². The number of hydrogen-bond acceptors (Lipinski definition) is 3. The van der Waals surface area contributed by atoms with Crippen molar-refractivity contribution in [2.24, 2.45) is 0 Å². The number of hydrogen-bond donors (Lipinski definition) is 0. The number of pyridine rings is 1. The topological polar surface area (TPSA) is 43.6 Å². The summed E-state index contributed by atoms with van der Waals surface area (Å²) in [7, 11) is 0. The van der Waals surface area contributed by atoms with Crippen LogP contribution < -0.4 is 0 Å². The summed E-state index contributed by atoms with van der Waals surface area (Å²) >= 11 is 5.60. The van der Waals surface area contributed by atoms with Crippen LogP contribution in [0.4, 0.5) is 0 Å². The van der Waals surface area contributed by atoms with Crippen LogP contribution in [0.2, 0.25) is 0 Å². The highest BCUT2D eigenvalue weighted by molar-refractivity contribution is 14.1. The highest BCUT2D eigenvalue weighted by Crippen LogP contribution is 2.22. The molecule has 0 fully saturated rings. The molecule has 0 aromatic carbocycles. The first kappa shape index (κ1) is 12.8. The number of carbonyl (C=O) groups is 1. The minimum Gasteiger partial charge on any atom is -0.461 e. The van der Waals surface area contributed by atoms with Crippen molar-refractivity contribution >= 4 is 50.1 Å². The first-order valence-electron chi connectivity index (χ1n) is 5.05. The third kappa shape index (κ3) is 2.33. The van der Waals surface area contributed by atoms with Gasteiger partial charge in [0.25, 0.3) is 0 Å². The normalized spacial score (nSPS) is 10.8. The minimum absolute atomic E-state index is 0.341.